The van der Waals surface area contributed by atoms with Crippen LogP contribution in [0.4, 0.5) is 11.5 Å². The number of hydrogen-bond acceptors (Lipinski definition) is 4. The molecule has 1 aromatic heterocycles. The highest BCUT2D eigenvalue weighted by Gasteiger charge is 2.13. The van der Waals surface area contributed by atoms with Gasteiger partial charge in [-0.05, 0) is 54.1 Å². The molecule has 1 aromatic rings. The van der Waals surface area contributed by atoms with Gasteiger partial charge in [0.2, 0.25) is 0 Å². The zero-order valence-corrected chi connectivity index (χ0v) is 12.3. The molecule has 0 bridgehead atoms. The maximum absolute atomic E-state index is 5.79. The second kappa shape index (κ2) is 6.38. The number of aromatic nitrogens is 1. The first kappa shape index (κ1) is 13.6. The van der Waals surface area contributed by atoms with Gasteiger partial charge in [0, 0.05) is 13.2 Å². The fraction of sp³-hybridized carbons (Fsp3) is 0.615. The molecule has 0 aromatic carbocycles. The van der Waals surface area contributed by atoms with Crippen molar-refractivity contribution in [1.29, 1.82) is 0 Å². The standard InChI is InChI=1S/C13H20BrN3O/c1-9-11(15)8-17-13(12(9)14)16-6-5-10-4-2-3-7-18-10/h8,10H,2-7,15H2,1H3,(H,16,17). The summed E-state index contributed by atoms with van der Waals surface area (Å²) in [5.41, 5.74) is 7.54. The van der Waals surface area contributed by atoms with Crippen molar-refractivity contribution in [2.24, 2.45) is 0 Å². The van der Waals surface area contributed by atoms with Gasteiger partial charge in [-0.2, -0.15) is 0 Å². The minimum absolute atomic E-state index is 0.403. The smallest absolute Gasteiger partial charge is 0.140 e. The summed E-state index contributed by atoms with van der Waals surface area (Å²) in [6.07, 6.45) is 6.79. The number of nitrogens with one attached hydrogen (secondary N) is 1. The van der Waals surface area contributed by atoms with Crippen LogP contribution in [0.5, 0.6) is 0 Å². The number of nitrogen functional groups attached to an aromatic ring is 1. The lowest BCUT2D eigenvalue weighted by atomic mass is 10.1. The van der Waals surface area contributed by atoms with Crippen molar-refractivity contribution >= 4 is 27.4 Å². The second-order valence-electron chi connectivity index (χ2n) is 4.71. The van der Waals surface area contributed by atoms with Crippen LogP contribution in [0.15, 0.2) is 10.7 Å². The number of anilines is 2. The van der Waals surface area contributed by atoms with Crippen molar-refractivity contribution in [2.75, 3.05) is 24.2 Å². The SMILES string of the molecule is Cc1c(N)cnc(NCCC2CCCCO2)c1Br. The Bertz CT molecular complexity index is 405. The quantitative estimate of drug-likeness (QED) is 0.896. The lowest BCUT2D eigenvalue weighted by Crippen LogP contribution is -2.22. The molecule has 18 heavy (non-hydrogen) atoms. The van der Waals surface area contributed by atoms with Crippen molar-refractivity contribution in [3.8, 4) is 0 Å². The Hall–Kier alpha value is -0.810. The van der Waals surface area contributed by atoms with Crippen LogP contribution in [0.1, 0.15) is 31.2 Å². The second-order valence-corrected chi connectivity index (χ2v) is 5.50. The fourth-order valence-corrected chi connectivity index (χ4v) is 2.57. The number of rotatable bonds is 4. The molecule has 1 unspecified atom stereocenters. The summed E-state index contributed by atoms with van der Waals surface area (Å²) < 4.78 is 6.65. The largest absolute Gasteiger partial charge is 0.397 e. The summed E-state index contributed by atoms with van der Waals surface area (Å²) in [6.45, 7) is 3.77. The molecule has 0 radical (unpaired) electrons. The first-order valence-corrected chi connectivity index (χ1v) is 7.24. The fourth-order valence-electron chi connectivity index (χ4n) is 2.10. The number of halogens is 1. The summed E-state index contributed by atoms with van der Waals surface area (Å²) in [5.74, 6) is 0.859. The molecule has 100 valence electrons. The van der Waals surface area contributed by atoms with Gasteiger partial charge in [0.25, 0.3) is 0 Å². The van der Waals surface area contributed by atoms with Gasteiger partial charge in [-0.25, -0.2) is 4.98 Å². The van der Waals surface area contributed by atoms with Gasteiger partial charge in [-0.3, -0.25) is 0 Å². The van der Waals surface area contributed by atoms with Crippen LogP contribution in [0.3, 0.4) is 0 Å². The average molecular weight is 314 g/mol. The van der Waals surface area contributed by atoms with Gasteiger partial charge in [0.1, 0.15) is 5.82 Å². The number of nitrogens with zero attached hydrogens (tertiary/aromatic N) is 1. The third kappa shape index (κ3) is 3.36. The van der Waals surface area contributed by atoms with Crippen LogP contribution in [0, 0.1) is 6.92 Å². The number of hydrogen-bond donors (Lipinski definition) is 2. The molecule has 0 saturated carbocycles. The molecule has 0 spiro atoms. The zero-order chi connectivity index (χ0) is 13.0. The highest BCUT2D eigenvalue weighted by atomic mass is 79.9. The van der Waals surface area contributed by atoms with E-state index in [1.807, 2.05) is 6.92 Å². The van der Waals surface area contributed by atoms with E-state index in [0.717, 1.165) is 35.4 Å². The molecule has 2 rings (SSSR count). The third-order valence-corrected chi connectivity index (χ3v) is 4.31. The van der Waals surface area contributed by atoms with E-state index in [1.54, 1.807) is 6.20 Å². The van der Waals surface area contributed by atoms with Gasteiger partial charge in [0.05, 0.1) is 22.5 Å². The minimum atomic E-state index is 0.403. The van der Waals surface area contributed by atoms with E-state index in [2.05, 4.69) is 26.2 Å². The maximum atomic E-state index is 5.79. The van der Waals surface area contributed by atoms with Gasteiger partial charge in [0.15, 0.2) is 0 Å². The molecule has 3 N–H and O–H groups in total. The summed E-state index contributed by atoms with van der Waals surface area (Å²) in [4.78, 5) is 4.30. The van der Waals surface area contributed by atoms with E-state index >= 15 is 0 Å². The molecule has 2 heterocycles. The van der Waals surface area contributed by atoms with Crippen LogP contribution >= 0.6 is 15.9 Å². The summed E-state index contributed by atoms with van der Waals surface area (Å²) in [6, 6.07) is 0. The van der Waals surface area contributed by atoms with Gasteiger partial charge in [-0.1, -0.05) is 0 Å². The molecule has 1 saturated heterocycles. The molecule has 1 fully saturated rings. The van der Waals surface area contributed by atoms with E-state index in [4.69, 9.17) is 10.5 Å². The van der Waals surface area contributed by atoms with E-state index in [1.165, 1.54) is 19.3 Å². The molecular formula is C13H20BrN3O. The molecule has 0 amide bonds. The lowest BCUT2D eigenvalue weighted by molar-refractivity contribution is 0.0134. The van der Waals surface area contributed by atoms with E-state index < -0.39 is 0 Å². The predicted molar refractivity (Wildman–Crippen MR) is 77.8 cm³/mol. The zero-order valence-electron chi connectivity index (χ0n) is 10.7. The van der Waals surface area contributed by atoms with Gasteiger partial charge >= 0.3 is 0 Å². The number of nitrogens with two attached hydrogens (primary N) is 1. The highest BCUT2D eigenvalue weighted by Crippen LogP contribution is 2.27. The summed E-state index contributed by atoms with van der Waals surface area (Å²) in [7, 11) is 0. The Morgan fingerprint density at radius 1 is 1.56 bits per heavy atom. The molecule has 1 aliphatic rings. The van der Waals surface area contributed by atoms with Crippen LogP contribution in [0.25, 0.3) is 0 Å². The van der Waals surface area contributed by atoms with Crippen molar-refractivity contribution in [3.05, 3.63) is 16.2 Å². The summed E-state index contributed by atoms with van der Waals surface area (Å²) in [5, 5.41) is 3.33. The topological polar surface area (TPSA) is 60.2 Å². The van der Waals surface area contributed by atoms with E-state index in [9.17, 15) is 0 Å². The maximum Gasteiger partial charge on any atom is 0.140 e. The van der Waals surface area contributed by atoms with Crippen molar-refractivity contribution in [1.82, 2.24) is 4.98 Å². The third-order valence-electron chi connectivity index (χ3n) is 3.34. The Kier molecular flexibility index (Phi) is 4.83. The molecular weight excluding hydrogens is 294 g/mol. The van der Waals surface area contributed by atoms with Crippen LogP contribution < -0.4 is 11.1 Å². The molecule has 1 aliphatic heterocycles. The van der Waals surface area contributed by atoms with E-state index in [-0.39, 0.29) is 0 Å². The highest BCUT2D eigenvalue weighted by molar-refractivity contribution is 9.10. The van der Waals surface area contributed by atoms with Gasteiger partial charge in [-0.15, -0.1) is 0 Å². The Labute approximate surface area is 116 Å². The molecule has 1 atom stereocenters. The van der Waals surface area contributed by atoms with Crippen molar-refractivity contribution in [2.45, 2.75) is 38.7 Å². The molecule has 0 aliphatic carbocycles. The number of pyridine rings is 1. The molecule has 4 nitrogen and oxygen atoms in total. The van der Waals surface area contributed by atoms with Gasteiger partial charge < -0.3 is 15.8 Å². The molecule has 5 heteroatoms. The van der Waals surface area contributed by atoms with Crippen LogP contribution in [-0.2, 0) is 4.74 Å². The lowest BCUT2D eigenvalue weighted by Gasteiger charge is -2.22. The normalized spacial score (nSPS) is 19.8. The van der Waals surface area contributed by atoms with E-state index in [0.29, 0.717) is 11.8 Å². The van der Waals surface area contributed by atoms with Crippen molar-refractivity contribution < 1.29 is 4.74 Å². The van der Waals surface area contributed by atoms with Crippen LogP contribution in [-0.4, -0.2) is 24.2 Å². The van der Waals surface area contributed by atoms with Crippen molar-refractivity contribution in [3.63, 3.8) is 0 Å². The number of ether oxygens (including phenoxy) is 1. The Morgan fingerprint density at radius 3 is 3.11 bits per heavy atom. The summed E-state index contributed by atoms with van der Waals surface area (Å²) >= 11 is 3.52. The minimum Gasteiger partial charge on any atom is -0.397 e. The Morgan fingerprint density at radius 2 is 2.39 bits per heavy atom. The monoisotopic (exact) mass is 313 g/mol. The van der Waals surface area contributed by atoms with Crippen LogP contribution in [0.2, 0.25) is 0 Å². The average Bonchev–Trinajstić information content (AvgIpc) is 2.40. The first-order chi connectivity index (χ1) is 8.68. The first-order valence-electron chi connectivity index (χ1n) is 6.44. The predicted octanol–water partition coefficient (Wildman–Crippen LogP) is 3.11. The Balaban J connectivity index is 1.84.